The Morgan fingerprint density at radius 3 is 2.45 bits per heavy atom. The van der Waals surface area contributed by atoms with Crippen LogP contribution in [0.5, 0.6) is 0 Å². The first-order valence-corrected chi connectivity index (χ1v) is 13.2. The van der Waals surface area contributed by atoms with E-state index in [0.717, 1.165) is 29.8 Å². The third kappa shape index (κ3) is 5.33. The molecular weight excluding hydrogens is 462 g/mol. The number of halogens is 1. The molecule has 0 unspecified atom stereocenters. The molecule has 2 heterocycles. The second kappa shape index (κ2) is 9.73. The molecule has 0 N–H and O–H groups in total. The van der Waals surface area contributed by atoms with Crippen molar-refractivity contribution in [2.24, 2.45) is 0 Å². The van der Waals surface area contributed by atoms with Gasteiger partial charge in [-0.1, -0.05) is 17.7 Å². The van der Waals surface area contributed by atoms with Crippen molar-refractivity contribution in [3.05, 3.63) is 53.1 Å². The zero-order valence-corrected chi connectivity index (χ0v) is 20.2. The first-order chi connectivity index (χ1) is 15.7. The Morgan fingerprint density at radius 1 is 1.00 bits per heavy atom. The molecular formula is C24H28ClN3O4S. The second-order valence-corrected chi connectivity index (χ2v) is 11.0. The lowest BCUT2D eigenvalue weighted by Crippen LogP contribution is -2.49. The number of hydrogen-bond donors (Lipinski definition) is 0. The fraction of sp³-hybridized carbons (Fsp3) is 0.417. The van der Waals surface area contributed by atoms with Gasteiger partial charge in [-0.05, 0) is 54.8 Å². The Morgan fingerprint density at radius 2 is 1.76 bits per heavy atom. The van der Waals surface area contributed by atoms with Gasteiger partial charge in [0.1, 0.15) is 0 Å². The van der Waals surface area contributed by atoms with E-state index in [4.69, 9.17) is 11.6 Å². The Kier molecular flexibility index (Phi) is 6.95. The summed E-state index contributed by atoms with van der Waals surface area (Å²) in [6.45, 7) is 4.61. The van der Waals surface area contributed by atoms with Gasteiger partial charge in [0, 0.05) is 62.5 Å². The van der Waals surface area contributed by atoms with Crippen molar-refractivity contribution in [3.63, 3.8) is 0 Å². The summed E-state index contributed by atoms with van der Waals surface area (Å²) in [7, 11) is -3.60. The highest BCUT2D eigenvalue weighted by atomic mass is 35.5. The number of benzene rings is 2. The molecule has 0 bridgehead atoms. The highest BCUT2D eigenvalue weighted by molar-refractivity contribution is 7.91. The number of fused-ring (bicyclic) bond motifs is 1. The van der Waals surface area contributed by atoms with Crippen LogP contribution in [0.15, 0.2) is 47.4 Å². The van der Waals surface area contributed by atoms with Crippen molar-refractivity contribution in [2.75, 3.05) is 48.3 Å². The predicted molar refractivity (Wildman–Crippen MR) is 130 cm³/mol. The van der Waals surface area contributed by atoms with Crippen LogP contribution >= 0.6 is 11.6 Å². The lowest BCUT2D eigenvalue weighted by atomic mass is 10.0. The highest BCUT2D eigenvalue weighted by Crippen LogP contribution is 2.30. The third-order valence-electron chi connectivity index (χ3n) is 6.30. The minimum Gasteiger partial charge on any atom is -0.368 e. The number of anilines is 2. The number of carbonyl (C=O) groups is 2. The quantitative estimate of drug-likeness (QED) is 0.644. The molecule has 7 nitrogen and oxygen atoms in total. The maximum Gasteiger partial charge on any atom is 0.223 e. The zero-order chi connectivity index (χ0) is 23.6. The molecule has 0 aliphatic carbocycles. The summed E-state index contributed by atoms with van der Waals surface area (Å²) in [6.07, 6.45) is 1.49. The van der Waals surface area contributed by atoms with E-state index in [-0.39, 0.29) is 28.9 Å². The fourth-order valence-corrected chi connectivity index (χ4v) is 5.94. The molecule has 1 saturated heterocycles. The summed E-state index contributed by atoms with van der Waals surface area (Å²) in [5.41, 5.74) is 2.66. The molecule has 176 valence electrons. The summed E-state index contributed by atoms with van der Waals surface area (Å²) < 4.78 is 25.8. The number of hydrogen-bond acceptors (Lipinski definition) is 5. The minimum atomic E-state index is -3.60. The first kappa shape index (κ1) is 23.6. The summed E-state index contributed by atoms with van der Waals surface area (Å²) in [6, 6.07) is 12.5. The van der Waals surface area contributed by atoms with E-state index >= 15 is 0 Å². The second-order valence-electron chi connectivity index (χ2n) is 8.48. The average molecular weight is 490 g/mol. The SMILES string of the molecule is CC(=O)N1CCCc2cc(S(=O)(=O)CCC(=O)N3CCN(c4cccc(Cl)c4)CC3)ccc21. The molecule has 0 atom stereocenters. The van der Waals surface area contributed by atoms with Crippen LogP contribution in [0.3, 0.4) is 0 Å². The molecule has 0 aromatic heterocycles. The van der Waals surface area contributed by atoms with Crippen molar-refractivity contribution >= 4 is 44.6 Å². The van der Waals surface area contributed by atoms with Crippen LogP contribution in [-0.4, -0.2) is 63.6 Å². The average Bonchev–Trinajstić information content (AvgIpc) is 2.82. The van der Waals surface area contributed by atoms with Crippen LogP contribution in [0, 0.1) is 0 Å². The smallest absolute Gasteiger partial charge is 0.223 e. The standard InChI is InChI=1S/C24H28ClN3O4S/c1-18(29)28-10-3-4-19-16-22(7-8-23(19)28)33(31,32)15-9-24(30)27-13-11-26(12-14-27)21-6-2-5-20(25)17-21/h2,5-8,16-17H,3-4,9-15H2,1H3. The number of amides is 2. The van der Waals surface area contributed by atoms with Gasteiger partial charge in [-0.25, -0.2) is 8.42 Å². The summed E-state index contributed by atoms with van der Waals surface area (Å²) in [5.74, 6) is -0.423. The van der Waals surface area contributed by atoms with Crippen molar-refractivity contribution in [3.8, 4) is 0 Å². The number of aryl methyl sites for hydroxylation is 1. The topological polar surface area (TPSA) is 78.0 Å². The number of carbonyl (C=O) groups excluding carboxylic acids is 2. The van der Waals surface area contributed by atoms with E-state index in [1.165, 1.54) is 6.92 Å². The molecule has 2 aliphatic heterocycles. The summed E-state index contributed by atoms with van der Waals surface area (Å²) >= 11 is 6.07. The molecule has 4 rings (SSSR count). The van der Waals surface area contributed by atoms with Gasteiger partial charge in [-0.3, -0.25) is 9.59 Å². The number of piperazine rings is 1. The van der Waals surface area contributed by atoms with Gasteiger partial charge in [-0.2, -0.15) is 0 Å². The van der Waals surface area contributed by atoms with Gasteiger partial charge in [0.25, 0.3) is 0 Å². The maximum absolute atomic E-state index is 12.9. The van der Waals surface area contributed by atoms with Crippen LogP contribution in [0.25, 0.3) is 0 Å². The lowest BCUT2D eigenvalue weighted by molar-refractivity contribution is -0.131. The number of sulfone groups is 1. The molecule has 2 aromatic rings. The fourth-order valence-electron chi connectivity index (χ4n) is 4.48. The van der Waals surface area contributed by atoms with Crippen LogP contribution in [0.4, 0.5) is 11.4 Å². The highest BCUT2D eigenvalue weighted by Gasteiger charge is 2.26. The monoisotopic (exact) mass is 489 g/mol. The summed E-state index contributed by atoms with van der Waals surface area (Å²) in [5, 5.41) is 0.674. The predicted octanol–water partition coefficient (Wildman–Crippen LogP) is 3.15. The lowest BCUT2D eigenvalue weighted by Gasteiger charge is -2.36. The Labute approximate surface area is 199 Å². The van der Waals surface area contributed by atoms with E-state index in [0.29, 0.717) is 37.7 Å². The van der Waals surface area contributed by atoms with Gasteiger partial charge < -0.3 is 14.7 Å². The Bertz CT molecular complexity index is 1160. The van der Waals surface area contributed by atoms with Crippen molar-refractivity contribution in [1.82, 2.24) is 4.90 Å². The van der Waals surface area contributed by atoms with Crippen LogP contribution < -0.4 is 9.80 Å². The molecule has 2 aromatic carbocycles. The van der Waals surface area contributed by atoms with Crippen LogP contribution in [0.2, 0.25) is 5.02 Å². The molecule has 33 heavy (non-hydrogen) atoms. The Hall–Kier alpha value is -2.58. The molecule has 9 heteroatoms. The van der Waals surface area contributed by atoms with Crippen molar-refractivity contribution < 1.29 is 18.0 Å². The van der Waals surface area contributed by atoms with Crippen LogP contribution in [-0.2, 0) is 25.8 Å². The van der Waals surface area contributed by atoms with Crippen molar-refractivity contribution in [2.45, 2.75) is 31.1 Å². The minimum absolute atomic E-state index is 0.0455. The van der Waals surface area contributed by atoms with E-state index in [2.05, 4.69) is 4.90 Å². The normalized spacial score (nSPS) is 16.5. The van der Waals surface area contributed by atoms with E-state index in [9.17, 15) is 18.0 Å². The zero-order valence-electron chi connectivity index (χ0n) is 18.7. The number of nitrogens with zero attached hydrogens (tertiary/aromatic N) is 3. The van der Waals surface area contributed by atoms with Gasteiger partial charge in [0.15, 0.2) is 9.84 Å². The van der Waals surface area contributed by atoms with Crippen LogP contribution in [0.1, 0.15) is 25.3 Å². The van der Waals surface area contributed by atoms with Gasteiger partial charge in [0.2, 0.25) is 11.8 Å². The van der Waals surface area contributed by atoms with E-state index < -0.39 is 9.84 Å². The van der Waals surface area contributed by atoms with Gasteiger partial charge in [-0.15, -0.1) is 0 Å². The Balaban J connectivity index is 1.35. The van der Waals surface area contributed by atoms with E-state index in [1.807, 2.05) is 24.3 Å². The van der Waals surface area contributed by atoms with E-state index in [1.54, 1.807) is 28.0 Å². The van der Waals surface area contributed by atoms with Gasteiger partial charge in [0.05, 0.1) is 10.6 Å². The van der Waals surface area contributed by atoms with Gasteiger partial charge >= 0.3 is 0 Å². The van der Waals surface area contributed by atoms with Crippen molar-refractivity contribution in [1.29, 1.82) is 0 Å². The largest absolute Gasteiger partial charge is 0.368 e. The third-order valence-corrected chi connectivity index (χ3v) is 8.25. The maximum atomic E-state index is 12.9. The molecule has 2 amide bonds. The number of rotatable bonds is 5. The molecule has 2 aliphatic rings. The molecule has 0 radical (unpaired) electrons. The summed E-state index contributed by atoms with van der Waals surface area (Å²) in [4.78, 5) is 30.3. The molecule has 0 saturated carbocycles. The first-order valence-electron chi connectivity index (χ1n) is 11.2. The molecule has 0 spiro atoms. The molecule has 1 fully saturated rings.